The van der Waals surface area contributed by atoms with Crippen molar-refractivity contribution < 1.29 is 4.79 Å². The highest BCUT2D eigenvalue weighted by atomic mass is 16.1. The number of para-hydroxylation sites is 1. The van der Waals surface area contributed by atoms with E-state index in [1.165, 1.54) is 0 Å². The molecule has 1 amide bonds. The minimum Gasteiger partial charge on any atom is -0.398 e. The lowest BCUT2D eigenvalue weighted by Gasteiger charge is -2.27. The van der Waals surface area contributed by atoms with Gasteiger partial charge >= 0.3 is 0 Å². The molecule has 0 radical (unpaired) electrons. The van der Waals surface area contributed by atoms with Crippen molar-refractivity contribution in [1.29, 1.82) is 0 Å². The topological polar surface area (TPSA) is 68.0 Å². The highest BCUT2D eigenvalue weighted by Gasteiger charge is 2.35. The number of hydrogen-bond acceptors (Lipinski definition) is 3. The molecule has 110 valence electrons. The summed E-state index contributed by atoms with van der Waals surface area (Å²) >= 11 is 0. The number of fused-ring (bicyclic) bond motifs is 1. The van der Waals surface area contributed by atoms with Gasteiger partial charge in [0.1, 0.15) is 5.69 Å². The highest BCUT2D eigenvalue weighted by molar-refractivity contribution is 5.99. The molecule has 1 aromatic heterocycles. The van der Waals surface area contributed by atoms with Crippen LogP contribution in [0.25, 0.3) is 10.9 Å². The van der Waals surface area contributed by atoms with Crippen LogP contribution in [-0.4, -0.2) is 16.9 Å². The average Bonchev–Trinajstić information content (AvgIpc) is 2.78. The van der Waals surface area contributed by atoms with Crippen LogP contribution < -0.4 is 11.1 Å². The van der Waals surface area contributed by atoms with Crippen molar-refractivity contribution in [3.05, 3.63) is 36.0 Å². The largest absolute Gasteiger partial charge is 0.398 e. The number of anilines is 1. The lowest BCUT2D eigenvalue weighted by molar-refractivity contribution is 0.0905. The molecular weight excluding hydrogens is 262 g/mol. The van der Waals surface area contributed by atoms with Crippen LogP contribution in [0.3, 0.4) is 0 Å². The van der Waals surface area contributed by atoms with E-state index in [4.69, 9.17) is 5.73 Å². The molecule has 0 saturated heterocycles. The van der Waals surface area contributed by atoms with E-state index in [1.54, 1.807) is 6.07 Å². The number of carbonyl (C=O) groups excluding carboxylic acids is 1. The van der Waals surface area contributed by atoms with Crippen molar-refractivity contribution in [3.8, 4) is 0 Å². The van der Waals surface area contributed by atoms with Gasteiger partial charge in [0, 0.05) is 17.1 Å². The lowest BCUT2D eigenvalue weighted by Crippen LogP contribution is -2.41. The number of amides is 1. The summed E-state index contributed by atoms with van der Waals surface area (Å²) in [5.41, 5.74) is 7.94. The van der Waals surface area contributed by atoms with Crippen molar-refractivity contribution in [3.63, 3.8) is 0 Å². The molecule has 0 aliphatic heterocycles. The van der Waals surface area contributed by atoms with Crippen molar-refractivity contribution >= 4 is 22.5 Å². The van der Waals surface area contributed by atoms with E-state index in [1.807, 2.05) is 24.3 Å². The van der Waals surface area contributed by atoms with E-state index in [2.05, 4.69) is 24.1 Å². The van der Waals surface area contributed by atoms with Gasteiger partial charge in [-0.1, -0.05) is 38.5 Å². The third kappa shape index (κ3) is 2.58. The van der Waals surface area contributed by atoms with E-state index < -0.39 is 0 Å². The standard InChI is InChI=1S/C17H21N3O/c1-17(2)9-5-8-15(17)20-16(21)14-10-12(18)11-6-3-4-7-13(11)19-14/h3-4,6-7,10,15H,5,8-9H2,1-2H3,(H2,18,19)(H,20,21). The van der Waals surface area contributed by atoms with Crippen LogP contribution in [0, 0.1) is 5.41 Å². The molecule has 1 aliphatic rings. The number of carbonyl (C=O) groups is 1. The smallest absolute Gasteiger partial charge is 0.270 e. The number of aromatic nitrogens is 1. The maximum absolute atomic E-state index is 12.5. The van der Waals surface area contributed by atoms with Gasteiger partial charge in [-0.05, 0) is 30.4 Å². The summed E-state index contributed by atoms with van der Waals surface area (Å²) in [6.07, 6.45) is 3.33. The van der Waals surface area contributed by atoms with Crippen LogP contribution >= 0.6 is 0 Å². The van der Waals surface area contributed by atoms with Gasteiger partial charge in [-0.3, -0.25) is 4.79 Å². The summed E-state index contributed by atoms with van der Waals surface area (Å²) in [6.45, 7) is 4.40. The van der Waals surface area contributed by atoms with Gasteiger partial charge in [-0.2, -0.15) is 0 Å². The summed E-state index contributed by atoms with van der Waals surface area (Å²) in [6, 6.07) is 9.48. The normalized spacial score (nSPS) is 20.6. The second kappa shape index (κ2) is 5.02. The lowest BCUT2D eigenvalue weighted by atomic mass is 9.87. The Morgan fingerprint density at radius 1 is 1.38 bits per heavy atom. The third-order valence-electron chi connectivity index (χ3n) is 4.54. The molecule has 1 heterocycles. The van der Waals surface area contributed by atoms with E-state index in [0.717, 1.165) is 30.2 Å². The van der Waals surface area contributed by atoms with Crippen LogP contribution in [0.15, 0.2) is 30.3 Å². The number of nitrogens with zero attached hydrogens (tertiary/aromatic N) is 1. The second-order valence-electron chi connectivity index (χ2n) is 6.52. The first-order chi connectivity index (χ1) is 9.97. The number of nitrogen functional groups attached to an aromatic ring is 1. The van der Waals surface area contributed by atoms with Gasteiger partial charge in [0.15, 0.2) is 0 Å². The molecule has 21 heavy (non-hydrogen) atoms. The van der Waals surface area contributed by atoms with Crippen molar-refractivity contribution in [2.75, 3.05) is 5.73 Å². The Balaban J connectivity index is 1.88. The number of pyridine rings is 1. The molecule has 1 unspecified atom stereocenters. The average molecular weight is 283 g/mol. The Kier molecular flexibility index (Phi) is 3.32. The molecule has 1 aromatic carbocycles. The first-order valence-electron chi connectivity index (χ1n) is 7.43. The number of benzene rings is 1. The van der Waals surface area contributed by atoms with Gasteiger partial charge in [-0.15, -0.1) is 0 Å². The van der Waals surface area contributed by atoms with Crippen molar-refractivity contribution in [2.45, 2.75) is 39.2 Å². The number of rotatable bonds is 2. The Labute approximate surface area is 124 Å². The predicted octanol–water partition coefficient (Wildman–Crippen LogP) is 3.13. The SMILES string of the molecule is CC1(C)CCCC1NC(=O)c1cc(N)c2ccccc2n1. The zero-order valence-corrected chi connectivity index (χ0v) is 12.5. The zero-order valence-electron chi connectivity index (χ0n) is 12.5. The quantitative estimate of drug-likeness (QED) is 0.889. The molecule has 1 fully saturated rings. The maximum Gasteiger partial charge on any atom is 0.270 e. The monoisotopic (exact) mass is 283 g/mol. The highest BCUT2D eigenvalue weighted by Crippen LogP contribution is 2.37. The number of hydrogen-bond donors (Lipinski definition) is 2. The Hall–Kier alpha value is -2.10. The fourth-order valence-corrected chi connectivity index (χ4v) is 3.15. The Morgan fingerprint density at radius 3 is 2.86 bits per heavy atom. The first kappa shape index (κ1) is 13.9. The van der Waals surface area contributed by atoms with Gasteiger partial charge in [0.05, 0.1) is 5.52 Å². The van der Waals surface area contributed by atoms with Gasteiger partial charge in [0.2, 0.25) is 0 Å². The summed E-state index contributed by atoms with van der Waals surface area (Å²) in [5, 5.41) is 4.00. The van der Waals surface area contributed by atoms with Gasteiger partial charge in [-0.25, -0.2) is 4.98 Å². The maximum atomic E-state index is 12.5. The molecule has 2 aromatic rings. The van der Waals surface area contributed by atoms with Crippen molar-refractivity contribution in [1.82, 2.24) is 10.3 Å². The van der Waals surface area contributed by atoms with Crippen LogP contribution in [0.4, 0.5) is 5.69 Å². The summed E-state index contributed by atoms with van der Waals surface area (Å²) < 4.78 is 0. The van der Waals surface area contributed by atoms with Crippen LogP contribution in [0.5, 0.6) is 0 Å². The molecule has 0 bridgehead atoms. The second-order valence-corrected chi connectivity index (χ2v) is 6.52. The van der Waals surface area contributed by atoms with Gasteiger partial charge in [0.25, 0.3) is 5.91 Å². The van der Waals surface area contributed by atoms with E-state index in [9.17, 15) is 4.79 Å². The molecular formula is C17H21N3O. The van der Waals surface area contributed by atoms with Crippen LogP contribution in [-0.2, 0) is 0 Å². The fourth-order valence-electron chi connectivity index (χ4n) is 3.15. The molecule has 4 heteroatoms. The third-order valence-corrected chi connectivity index (χ3v) is 4.54. The minimum absolute atomic E-state index is 0.132. The number of nitrogens with two attached hydrogens (primary N) is 1. The molecule has 1 aliphatic carbocycles. The Morgan fingerprint density at radius 2 is 2.14 bits per heavy atom. The summed E-state index contributed by atoms with van der Waals surface area (Å²) in [5.74, 6) is -0.132. The molecule has 3 N–H and O–H groups in total. The van der Waals surface area contributed by atoms with Crippen LogP contribution in [0.1, 0.15) is 43.6 Å². The molecule has 0 spiro atoms. The predicted molar refractivity (Wildman–Crippen MR) is 85.0 cm³/mol. The fraction of sp³-hybridized carbons (Fsp3) is 0.412. The van der Waals surface area contributed by atoms with E-state index in [0.29, 0.717) is 11.4 Å². The molecule has 4 nitrogen and oxygen atoms in total. The Bertz CT molecular complexity index is 693. The minimum atomic E-state index is -0.132. The molecule has 1 atom stereocenters. The number of nitrogens with one attached hydrogen (secondary N) is 1. The summed E-state index contributed by atoms with van der Waals surface area (Å²) in [4.78, 5) is 16.9. The van der Waals surface area contributed by atoms with Crippen LogP contribution in [0.2, 0.25) is 0 Å². The van der Waals surface area contributed by atoms with Gasteiger partial charge < -0.3 is 11.1 Å². The van der Waals surface area contributed by atoms with E-state index in [-0.39, 0.29) is 17.4 Å². The zero-order chi connectivity index (χ0) is 15.0. The summed E-state index contributed by atoms with van der Waals surface area (Å²) in [7, 11) is 0. The van der Waals surface area contributed by atoms with Crippen molar-refractivity contribution in [2.24, 2.45) is 5.41 Å². The molecule has 1 saturated carbocycles. The van der Waals surface area contributed by atoms with E-state index >= 15 is 0 Å². The molecule has 3 rings (SSSR count). The first-order valence-corrected chi connectivity index (χ1v) is 7.43.